The van der Waals surface area contributed by atoms with Crippen molar-refractivity contribution < 1.29 is 19.1 Å². The summed E-state index contributed by atoms with van der Waals surface area (Å²) in [7, 11) is -0.200. The van der Waals surface area contributed by atoms with Gasteiger partial charge in [0, 0.05) is 11.5 Å². The van der Waals surface area contributed by atoms with Gasteiger partial charge in [0.25, 0.3) is 0 Å². The summed E-state index contributed by atoms with van der Waals surface area (Å²) in [6.45, 7) is 7.30. The molecule has 5 heteroatoms. The van der Waals surface area contributed by atoms with E-state index in [1.54, 1.807) is 6.92 Å². The average Bonchev–Trinajstić information content (AvgIpc) is 2.77. The van der Waals surface area contributed by atoms with Crippen LogP contribution in [0.1, 0.15) is 26.7 Å². The van der Waals surface area contributed by atoms with E-state index in [9.17, 15) is 9.59 Å². The number of esters is 2. The van der Waals surface area contributed by atoms with Gasteiger partial charge in [-0.25, -0.2) is 4.79 Å². The highest BCUT2D eigenvalue weighted by atomic mass is 32.2. The Morgan fingerprint density at radius 2 is 1.74 bits per heavy atom. The first-order valence-electron chi connectivity index (χ1n) is 10.2. The smallest absolute Gasteiger partial charge is 0.333 e. The lowest BCUT2D eigenvalue weighted by atomic mass is 10.0. The van der Waals surface area contributed by atoms with Gasteiger partial charge in [-0.1, -0.05) is 43.9 Å². The molecule has 0 aromatic heterocycles. The molecule has 0 fully saturated rings. The van der Waals surface area contributed by atoms with E-state index in [-0.39, 0.29) is 23.9 Å². The summed E-state index contributed by atoms with van der Waals surface area (Å²) in [5, 5.41) is 0. The van der Waals surface area contributed by atoms with Crippen molar-refractivity contribution in [1.29, 1.82) is 0 Å². The Morgan fingerprint density at radius 3 is 2.39 bits per heavy atom. The maximum Gasteiger partial charge on any atom is 0.333 e. The van der Waals surface area contributed by atoms with Crippen LogP contribution in [0.15, 0.2) is 99.7 Å². The molecule has 31 heavy (non-hydrogen) atoms. The maximum atomic E-state index is 12.0. The van der Waals surface area contributed by atoms with Gasteiger partial charge < -0.3 is 9.47 Å². The predicted molar refractivity (Wildman–Crippen MR) is 124 cm³/mol. The van der Waals surface area contributed by atoms with E-state index in [1.807, 2.05) is 30.3 Å². The van der Waals surface area contributed by atoms with Crippen molar-refractivity contribution in [3.63, 3.8) is 0 Å². The van der Waals surface area contributed by atoms with Crippen LogP contribution in [0.25, 0.3) is 0 Å². The summed E-state index contributed by atoms with van der Waals surface area (Å²) in [5.74, 6) is -0.0145. The van der Waals surface area contributed by atoms with Crippen LogP contribution in [0.3, 0.4) is 0 Å². The van der Waals surface area contributed by atoms with Crippen molar-refractivity contribution in [3.05, 3.63) is 89.9 Å². The maximum absolute atomic E-state index is 12.0. The van der Waals surface area contributed by atoms with E-state index in [0.717, 1.165) is 6.42 Å². The van der Waals surface area contributed by atoms with E-state index in [1.165, 1.54) is 14.7 Å². The highest BCUT2D eigenvalue weighted by Gasteiger charge is 2.34. The monoisotopic (exact) mass is 435 g/mol. The fraction of sp³-hybridized carbons (Fsp3) is 0.231. The Labute approximate surface area is 186 Å². The molecule has 0 N–H and O–H groups in total. The second-order valence-electron chi connectivity index (χ2n) is 7.36. The quantitative estimate of drug-likeness (QED) is 0.234. The molecule has 3 rings (SSSR count). The molecule has 0 radical (unpaired) electrons. The van der Waals surface area contributed by atoms with Crippen molar-refractivity contribution in [2.24, 2.45) is 5.92 Å². The summed E-state index contributed by atoms with van der Waals surface area (Å²) >= 11 is 0. The minimum atomic E-state index is -0.508. The zero-order chi connectivity index (χ0) is 22.2. The number of allylic oxidation sites excluding steroid dienone is 4. The molecular weight excluding hydrogens is 408 g/mol. The van der Waals surface area contributed by atoms with E-state index in [4.69, 9.17) is 9.47 Å². The first-order chi connectivity index (χ1) is 15.0. The Bertz CT molecular complexity index is 990. The molecule has 0 aliphatic heterocycles. The number of rotatable bonds is 8. The number of benzene rings is 2. The Balaban J connectivity index is 1.71. The molecule has 2 aromatic carbocycles. The van der Waals surface area contributed by atoms with Gasteiger partial charge >= 0.3 is 11.9 Å². The minimum Gasteiger partial charge on any atom is -0.462 e. The molecule has 0 spiro atoms. The van der Waals surface area contributed by atoms with Crippen LogP contribution in [-0.2, 0) is 25.2 Å². The predicted octanol–water partition coefficient (Wildman–Crippen LogP) is 5.62. The van der Waals surface area contributed by atoms with Crippen molar-refractivity contribution in [2.75, 3.05) is 6.61 Å². The highest BCUT2D eigenvalue weighted by molar-refractivity contribution is 8.00. The van der Waals surface area contributed by atoms with Crippen LogP contribution >= 0.6 is 0 Å². The first kappa shape index (κ1) is 22.6. The van der Waals surface area contributed by atoms with Gasteiger partial charge in [-0.05, 0) is 55.8 Å². The fourth-order valence-corrected chi connectivity index (χ4v) is 5.50. The van der Waals surface area contributed by atoms with E-state index < -0.39 is 11.9 Å². The molecule has 1 aliphatic carbocycles. The van der Waals surface area contributed by atoms with E-state index in [2.05, 4.69) is 56.0 Å². The van der Waals surface area contributed by atoms with Crippen LogP contribution in [0, 0.1) is 5.92 Å². The van der Waals surface area contributed by atoms with Gasteiger partial charge in [-0.3, -0.25) is 4.79 Å². The normalized spacial score (nSPS) is 16.2. The molecule has 0 saturated heterocycles. The molecule has 2 atom stereocenters. The van der Waals surface area contributed by atoms with Crippen molar-refractivity contribution >= 4 is 22.8 Å². The Hall–Kier alpha value is -3.05. The third-order valence-corrected chi connectivity index (χ3v) is 7.26. The Morgan fingerprint density at radius 1 is 1.06 bits per heavy atom. The summed E-state index contributed by atoms with van der Waals surface area (Å²) in [5.41, 5.74) is 0.302. The fourth-order valence-electron chi connectivity index (χ4n) is 3.14. The number of carbonyl (C=O) groups is 2. The topological polar surface area (TPSA) is 52.6 Å². The molecule has 0 saturated carbocycles. The lowest BCUT2D eigenvalue weighted by molar-refractivity contribution is -0.142. The molecule has 0 heterocycles. The van der Waals surface area contributed by atoms with Crippen LogP contribution < -0.4 is 4.74 Å². The molecule has 4 nitrogen and oxygen atoms in total. The number of carbonyl (C=O) groups excluding carboxylic acids is 2. The molecule has 1 aliphatic rings. The van der Waals surface area contributed by atoms with E-state index >= 15 is 0 Å². The van der Waals surface area contributed by atoms with Crippen molar-refractivity contribution in [2.45, 2.75) is 36.5 Å². The Kier molecular flexibility index (Phi) is 7.90. The summed E-state index contributed by atoms with van der Waals surface area (Å²) in [6.07, 6.45) is 7.59. The first-order valence-corrected chi connectivity index (χ1v) is 11.5. The van der Waals surface area contributed by atoms with Crippen LogP contribution in [0.5, 0.6) is 5.75 Å². The van der Waals surface area contributed by atoms with Crippen LogP contribution in [0.2, 0.25) is 0 Å². The molecule has 2 aromatic rings. The van der Waals surface area contributed by atoms with Gasteiger partial charge in [-0.2, -0.15) is 0 Å². The summed E-state index contributed by atoms with van der Waals surface area (Å²) in [4.78, 5) is 27.3. The highest BCUT2D eigenvalue weighted by Crippen LogP contribution is 2.37. The number of ether oxygens (including phenoxy) is 2. The largest absolute Gasteiger partial charge is 0.462 e. The van der Waals surface area contributed by atoms with Gasteiger partial charge in [-0.15, -0.1) is 0 Å². The third kappa shape index (κ3) is 6.22. The molecule has 2 unspecified atom stereocenters. The lowest BCUT2D eigenvalue weighted by Gasteiger charge is -2.18. The van der Waals surface area contributed by atoms with E-state index in [0.29, 0.717) is 17.2 Å². The van der Waals surface area contributed by atoms with Gasteiger partial charge in [0.2, 0.25) is 0 Å². The summed E-state index contributed by atoms with van der Waals surface area (Å²) < 4.78 is 10.3. The lowest BCUT2D eigenvalue weighted by Crippen LogP contribution is -2.15. The zero-order valence-electron chi connectivity index (χ0n) is 17.9. The minimum absolute atomic E-state index is 0.00804. The van der Waals surface area contributed by atoms with Crippen molar-refractivity contribution in [3.8, 4) is 5.75 Å². The second kappa shape index (κ2) is 10.8. The number of hydrogen-bond acceptors (Lipinski definition) is 4. The SMILES string of the molecule is C=C(C)C(=O)OCCC(=O)Oc1ccc([S+](C2=CC=CCC2C)c2ccccc2)cc1. The van der Waals surface area contributed by atoms with Crippen molar-refractivity contribution in [1.82, 2.24) is 0 Å². The van der Waals surface area contributed by atoms with Gasteiger partial charge in [0.05, 0.1) is 17.3 Å². The zero-order valence-corrected chi connectivity index (χ0v) is 18.7. The second-order valence-corrected chi connectivity index (χ2v) is 9.39. The summed E-state index contributed by atoms with van der Waals surface area (Å²) in [6, 6.07) is 18.2. The molecule has 160 valence electrons. The third-order valence-electron chi connectivity index (χ3n) is 4.77. The standard InChI is InChI=1S/C26H27O4S/c1-19(2)26(28)29-18-17-25(27)30-21-13-15-23(16-14-21)31(22-10-5-4-6-11-22)24-12-8-7-9-20(24)3/h4-8,10-16,20H,1,9,17-18H2,2-3H3/q+1. The average molecular weight is 436 g/mol. The molecule has 0 amide bonds. The van der Waals surface area contributed by atoms with Gasteiger partial charge in [0.1, 0.15) is 17.3 Å². The molecular formula is C26H27O4S+. The van der Waals surface area contributed by atoms with Crippen LogP contribution in [-0.4, -0.2) is 18.5 Å². The van der Waals surface area contributed by atoms with Gasteiger partial charge in [0.15, 0.2) is 9.79 Å². The van der Waals surface area contributed by atoms with Crippen LogP contribution in [0.4, 0.5) is 0 Å². The molecule has 0 bridgehead atoms. The number of hydrogen-bond donors (Lipinski definition) is 0.